The van der Waals surface area contributed by atoms with E-state index in [1.54, 1.807) is 50.2 Å². The van der Waals surface area contributed by atoms with E-state index in [1.807, 2.05) is 13.8 Å². The molecule has 39 heavy (non-hydrogen) atoms. The first-order valence-electron chi connectivity index (χ1n) is 12.5. The van der Waals surface area contributed by atoms with E-state index in [0.29, 0.717) is 22.5 Å². The molecule has 1 aliphatic rings. The van der Waals surface area contributed by atoms with Crippen LogP contribution < -0.4 is 9.47 Å². The fourth-order valence-corrected chi connectivity index (χ4v) is 3.49. The minimum Gasteiger partial charge on any atom is -0.490 e. The lowest BCUT2D eigenvalue weighted by atomic mass is 9.91. The molecule has 2 aromatic carbocycles. The number of hydrogen-bond donors (Lipinski definition) is 0. The van der Waals surface area contributed by atoms with Gasteiger partial charge in [-0.1, -0.05) is 31.4 Å². The lowest BCUT2D eigenvalue weighted by molar-refractivity contribution is -0.295. The van der Waals surface area contributed by atoms with Crippen molar-refractivity contribution in [3.63, 3.8) is 0 Å². The Balaban J connectivity index is 1.62. The maximum Gasteiger partial charge on any atom is 0.338 e. The van der Waals surface area contributed by atoms with E-state index in [0.717, 1.165) is 5.56 Å². The van der Waals surface area contributed by atoms with E-state index in [1.165, 1.54) is 6.07 Å². The van der Waals surface area contributed by atoms with Gasteiger partial charge >= 0.3 is 11.9 Å². The zero-order valence-electron chi connectivity index (χ0n) is 22.8. The number of carbonyl (C=O) groups is 2. The molecule has 0 aromatic heterocycles. The van der Waals surface area contributed by atoms with Gasteiger partial charge < -0.3 is 28.4 Å². The van der Waals surface area contributed by atoms with E-state index in [4.69, 9.17) is 28.4 Å². The van der Waals surface area contributed by atoms with E-state index in [-0.39, 0.29) is 45.4 Å². The lowest BCUT2D eigenvalue weighted by Crippen LogP contribution is -2.52. The monoisotopic (exact) mass is 542 g/mol. The summed E-state index contributed by atoms with van der Waals surface area (Å²) in [7, 11) is 0. The number of benzene rings is 2. The van der Waals surface area contributed by atoms with Gasteiger partial charge in [0.2, 0.25) is 0 Å². The molecule has 9 heteroatoms. The molecule has 3 rings (SSSR count). The maximum atomic E-state index is 15.0. The molecule has 0 aliphatic carbocycles. The third-order valence-corrected chi connectivity index (χ3v) is 5.88. The first-order valence-corrected chi connectivity index (χ1v) is 12.5. The van der Waals surface area contributed by atoms with Gasteiger partial charge in [-0.25, -0.2) is 14.0 Å². The molecule has 1 saturated heterocycles. The number of halogens is 1. The number of ether oxygens (including phenoxy) is 6. The molecular weight excluding hydrogens is 507 g/mol. The number of hydrogen-bond acceptors (Lipinski definition) is 8. The third kappa shape index (κ3) is 8.74. The molecule has 1 heterocycles. The SMILES string of the molecule is C=C(C)C(=O)OCCOCC1(COc2ccc(-c3ccc(OC(=O)C(=C)C)cc3)cc2F)COC(C)(C)OC1. The van der Waals surface area contributed by atoms with Crippen LogP contribution in [0.25, 0.3) is 11.1 Å². The van der Waals surface area contributed by atoms with Crippen LogP contribution in [0.1, 0.15) is 27.7 Å². The highest BCUT2D eigenvalue weighted by atomic mass is 19.1. The van der Waals surface area contributed by atoms with Gasteiger partial charge in [-0.3, -0.25) is 0 Å². The molecule has 0 unspecified atom stereocenters. The van der Waals surface area contributed by atoms with E-state index < -0.39 is 29.0 Å². The van der Waals surface area contributed by atoms with E-state index in [2.05, 4.69) is 13.2 Å². The predicted molar refractivity (Wildman–Crippen MR) is 143 cm³/mol. The van der Waals surface area contributed by atoms with Gasteiger partial charge in [0, 0.05) is 11.1 Å². The minimum atomic E-state index is -0.758. The average molecular weight is 543 g/mol. The van der Waals surface area contributed by atoms with Gasteiger partial charge in [-0.2, -0.15) is 0 Å². The summed E-state index contributed by atoms with van der Waals surface area (Å²) >= 11 is 0. The standard InChI is InChI=1S/C30H35FO8/c1-20(2)27(32)35-14-13-34-16-30(18-37-29(5,6)38-19-30)17-36-26-12-9-23(15-25(26)31)22-7-10-24(11-8-22)39-28(33)21(3)4/h7-12,15H,1,3,13-14,16-19H2,2,4-6H3. The number of esters is 2. The summed E-state index contributed by atoms with van der Waals surface area (Å²) < 4.78 is 48.6. The Labute approximate surface area is 228 Å². The van der Waals surface area contributed by atoms with Crippen molar-refractivity contribution in [2.75, 3.05) is 39.6 Å². The summed E-state index contributed by atoms with van der Waals surface area (Å²) in [6.45, 7) is 14.9. The number of rotatable bonds is 12. The molecule has 8 nitrogen and oxygen atoms in total. The zero-order chi connectivity index (χ0) is 28.6. The van der Waals surface area contributed by atoms with Crippen LogP contribution in [0.4, 0.5) is 4.39 Å². The Bertz CT molecular complexity index is 1190. The highest BCUT2D eigenvalue weighted by Crippen LogP contribution is 2.33. The molecule has 0 radical (unpaired) electrons. The van der Waals surface area contributed by atoms with Crippen molar-refractivity contribution < 1.29 is 42.4 Å². The fourth-order valence-electron chi connectivity index (χ4n) is 3.49. The van der Waals surface area contributed by atoms with Crippen LogP contribution in [0.5, 0.6) is 11.5 Å². The molecule has 0 saturated carbocycles. The molecule has 0 spiro atoms. The van der Waals surface area contributed by atoms with Crippen molar-refractivity contribution in [3.8, 4) is 22.6 Å². The average Bonchev–Trinajstić information content (AvgIpc) is 2.89. The summed E-state index contributed by atoms with van der Waals surface area (Å²) in [4.78, 5) is 23.2. The Morgan fingerprint density at radius 2 is 1.51 bits per heavy atom. The first kappa shape index (κ1) is 30.0. The largest absolute Gasteiger partial charge is 0.490 e. The molecule has 0 N–H and O–H groups in total. The van der Waals surface area contributed by atoms with Gasteiger partial charge in [-0.05, 0) is 63.1 Å². The second-order valence-corrected chi connectivity index (χ2v) is 10.1. The first-order chi connectivity index (χ1) is 18.4. The van der Waals surface area contributed by atoms with Gasteiger partial charge in [0.1, 0.15) is 19.0 Å². The Morgan fingerprint density at radius 1 is 0.897 bits per heavy atom. The van der Waals surface area contributed by atoms with Gasteiger partial charge in [0.25, 0.3) is 0 Å². The topological polar surface area (TPSA) is 89.5 Å². The van der Waals surface area contributed by atoms with E-state index in [9.17, 15) is 9.59 Å². The minimum absolute atomic E-state index is 0.0727. The molecule has 2 aromatic rings. The van der Waals surface area contributed by atoms with Crippen molar-refractivity contribution in [1.29, 1.82) is 0 Å². The van der Waals surface area contributed by atoms with Crippen molar-refractivity contribution in [3.05, 3.63) is 72.6 Å². The molecule has 0 amide bonds. The van der Waals surface area contributed by atoms with Gasteiger partial charge in [-0.15, -0.1) is 0 Å². The zero-order valence-corrected chi connectivity index (χ0v) is 22.8. The molecular formula is C30H35FO8. The van der Waals surface area contributed by atoms with Crippen molar-refractivity contribution in [2.24, 2.45) is 5.41 Å². The van der Waals surface area contributed by atoms with Crippen molar-refractivity contribution in [1.82, 2.24) is 0 Å². The number of carbonyl (C=O) groups excluding carboxylic acids is 2. The van der Waals surface area contributed by atoms with Gasteiger partial charge in [0.05, 0.1) is 31.8 Å². The second kappa shape index (κ2) is 13.0. The summed E-state index contributed by atoms with van der Waals surface area (Å²) in [5.41, 5.74) is 1.28. The highest BCUT2D eigenvalue weighted by Gasteiger charge is 2.41. The summed E-state index contributed by atoms with van der Waals surface area (Å²) in [6, 6.07) is 11.4. The van der Waals surface area contributed by atoms with Crippen LogP contribution in [0, 0.1) is 11.2 Å². The molecule has 0 atom stereocenters. The summed E-state index contributed by atoms with van der Waals surface area (Å²) in [5.74, 6) is -1.85. The van der Waals surface area contributed by atoms with Crippen molar-refractivity contribution >= 4 is 11.9 Å². The Hall–Kier alpha value is -3.53. The second-order valence-electron chi connectivity index (χ2n) is 10.1. The van der Waals surface area contributed by atoms with Crippen LogP contribution in [0.2, 0.25) is 0 Å². The molecule has 1 aliphatic heterocycles. The van der Waals surface area contributed by atoms with Crippen LogP contribution in [0.3, 0.4) is 0 Å². The molecule has 0 bridgehead atoms. The van der Waals surface area contributed by atoms with Crippen LogP contribution in [-0.2, 0) is 28.5 Å². The highest BCUT2D eigenvalue weighted by molar-refractivity contribution is 5.88. The van der Waals surface area contributed by atoms with E-state index >= 15 is 4.39 Å². The molecule has 210 valence electrons. The smallest absolute Gasteiger partial charge is 0.338 e. The van der Waals surface area contributed by atoms with Gasteiger partial charge in [0.15, 0.2) is 17.4 Å². The van der Waals surface area contributed by atoms with Crippen LogP contribution >= 0.6 is 0 Å². The van der Waals surface area contributed by atoms with Crippen molar-refractivity contribution in [2.45, 2.75) is 33.5 Å². The quantitative estimate of drug-likeness (QED) is 0.155. The lowest BCUT2D eigenvalue weighted by Gasteiger charge is -2.42. The predicted octanol–water partition coefficient (Wildman–Crippen LogP) is 5.26. The summed E-state index contributed by atoms with van der Waals surface area (Å²) in [6.07, 6.45) is 0. The van der Waals surface area contributed by atoms with Crippen LogP contribution in [-0.4, -0.2) is 57.4 Å². The Morgan fingerprint density at radius 3 is 2.10 bits per heavy atom. The third-order valence-electron chi connectivity index (χ3n) is 5.88. The maximum absolute atomic E-state index is 15.0. The fraction of sp³-hybridized carbons (Fsp3) is 0.400. The summed E-state index contributed by atoms with van der Waals surface area (Å²) in [5, 5.41) is 0. The normalized spacial score (nSPS) is 15.7. The Kier molecular flexibility index (Phi) is 10.0. The van der Waals surface area contributed by atoms with Crippen LogP contribution in [0.15, 0.2) is 66.8 Å². The molecule has 1 fully saturated rings.